The number of carbonyl (C=O) groups excluding carboxylic acids is 1. The van der Waals surface area contributed by atoms with Crippen LogP contribution in [0.2, 0.25) is 0 Å². The monoisotopic (exact) mass is 268 g/mol. The highest BCUT2D eigenvalue weighted by molar-refractivity contribution is 7.98. The van der Waals surface area contributed by atoms with Gasteiger partial charge >= 0.3 is 12.1 Å². The van der Waals surface area contributed by atoms with E-state index in [1.165, 1.54) is 6.26 Å². The lowest BCUT2D eigenvalue weighted by Crippen LogP contribution is -2.11. The van der Waals surface area contributed by atoms with E-state index in [-0.39, 0.29) is 4.90 Å². The van der Waals surface area contributed by atoms with Crippen molar-refractivity contribution in [1.29, 1.82) is 0 Å². The number of methoxy groups -OCH3 is 1. The fourth-order valence-electron chi connectivity index (χ4n) is 1.17. The number of carbonyl (C=O) groups is 1. The SMILES string of the molecule is COC(=O)c1cc(C(F)(F)F)cc(SC)c1F. The molecule has 0 heterocycles. The number of halogens is 4. The molecule has 1 rings (SSSR count). The number of benzene rings is 1. The lowest BCUT2D eigenvalue weighted by Gasteiger charge is -2.11. The average Bonchev–Trinajstić information content (AvgIpc) is 2.26. The fourth-order valence-corrected chi connectivity index (χ4v) is 1.70. The number of hydrogen-bond acceptors (Lipinski definition) is 3. The Balaban J connectivity index is 3.44. The molecular formula is C10H8F4O2S. The Morgan fingerprint density at radius 2 is 1.94 bits per heavy atom. The second kappa shape index (κ2) is 4.95. The van der Waals surface area contributed by atoms with Gasteiger partial charge in [-0.15, -0.1) is 11.8 Å². The zero-order valence-electron chi connectivity index (χ0n) is 8.89. The van der Waals surface area contributed by atoms with Crippen LogP contribution in [0.25, 0.3) is 0 Å². The van der Waals surface area contributed by atoms with Crippen LogP contribution in [0.15, 0.2) is 17.0 Å². The van der Waals surface area contributed by atoms with Crippen molar-refractivity contribution in [1.82, 2.24) is 0 Å². The molecule has 0 fully saturated rings. The summed E-state index contributed by atoms with van der Waals surface area (Å²) in [5.41, 5.74) is -1.80. The predicted molar refractivity (Wildman–Crippen MR) is 54.5 cm³/mol. The zero-order chi connectivity index (χ0) is 13.2. The molecule has 0 aliphatic carbocycles. The molecule has 1 aromatic carbocycles. The van der Waals surface area contributed by atoms with E-state index in [1.54, 1.807) is 0 Å². The van der Waals surface area contributed by atoms with E-state index in [4.69, 9.17) is 0 Å². The quantitative estimate of drug-likeness (QED) is 0.467. The van der Waals surface area contributed by atoms with Crippen LogP contribution in [0.3, 0.4) is 0 Å². The van der Waals surface area contributed by atoms with Crippen LogP contribution in [0.5, 0.6) is 0 Å². The number of thioether (sulfide) groups is 1. The van der Waals surface area contributed by atoms with E-state index >= 15 is 0 Å². The van der Waals surface area contributed by atoms with Crippen LogP contribution < -0.4 is 0 Å². The Morgan fingerprint density at radius 3 is 2.35 bits per heavy atom. The highest BCUT2D eigenvalue weighted by Crippen LogP contribution is 2.34. The van der Waals surface area contributed by atoms with E-state index in [0.29, 0.717) is 12.1 Å². The van der Waals surface area contributed by atoms with Gasteiger partial charge in [0.15, 0.2) is 5.82 Å². The number of alkyl halides is 3. The van der Waals surface area contributed by atoms with Gasteiger partial charge in [0.1, 0.15) is 0 Å². The van der Waals surface area contributed by atoms with Gasteiger partial charge in [-0.2, -0.15) is 13.2 Å². The first-order valence-electron chi connectivity index (χ1n) is 4.34. The van der Waals surface area contributed by atoms with Crippen molar-refractivity contribution in [2.24, 2.45) is 0 Å². The van der Waals surface area contributed by atoms with E-state index in [0.717, 1.165) is 18.9 Å². The molecule has 17 heavy (non-hydrogen) atoms. The first kappa shape index (κ1) is 13.8. The summed E-state index contributed by atoms with van der Waals surface area (Å²) in [7, 11) is 0.973. The lowest BCUT2D eigenvalue weighted by atomic mass is 10.1. The number of rotatable bonds is 2. The molecule has 0 radical (unpaired) electrons. The molecule has 7 heteroatoms. The molecule has 2 nitrogen and oxygen atoms in total. The van der Waals surface area contributed by atoms with Crippen LogP contribution in [0.4, 0.5) is 17.6 Å². The highest BCUT2D eigenvalue weighted by atomic mass is 32.2. The molecule has 0 spiro atoms. The second-order valence-electron chi connectivity index (χ2n) is 3.03. The smallest absolute Gasteiger partial charge is 0.416 e. The van der Waals surface area contributed by atoms with Gasteiger partial charge in [-0.25, -0.2) is 9.18 Å². The Hall–Kier alpha value is -1.24. The van der Waals surface area contributed by atoms with Gasteiger partial charge in [-0.1, -0.05) is 0 Å². The maximum Gasteiger partial charge on any atom is 0.416 e. The summed E-state index contributed by atoms with van der Waals surface area (Å²) in [5, 5.41) is 0. The van der Waals surface area contributed by atoms with Crippen molar-refractivity contribution in [2.75, 3.05) is 13.4 Å². The number of ether oxygens (including phenoxy) is 1. The van der Waals surface area contributed by atoms with Gasteiger partial charge in [0.05, 0.1) is 18.2 Å². The zero-order valence-corrected chi connectivity index (χ0v) is 9.71. The van der Waals surface area contributed by atoms with Crippen LogP contribution in [0, 0.1) is 5.82 Å². The van der Waals surface area contributed by atoms with Gasteiger partial charge in [-0.05, 0) is 18.4 Å². The fraction of sp³-hybridized carbons (Fsp3) is 0.300. The van der Waals surface area contributed by atoms with Crippen molar-refractivity contribution in [2.45, 2.75) is 11.1 Å². The van der Waals surface area contributed by atoms with E-state index in [1.807, 2.05) is 0 Å². The summed E-state index contributed by atoms with van der Waals surface area (Å²) >= 11 is 0.785. The van der Waals surface area contributed by atoms with Crippen LogP contribution in [-0.2, 0) is 10.9 Å². The maximum atomic E-state index is 13.6. The molecule has 0 saturated carbocycles. The van der Waals surface area contributed by atoms with Crippen molar-refractivity contribution >= 4 is 17.7 Å². The Morgan fingerprint density at radius 1 is 1.35 bits per heavy atom. The molecule has 0 N–H and O–H groups in total. The molecule has 0 unspecified atom stereocenters. The molecule has 0 aliphatic rings. The summed E-state index contributed by atoms with van der Waals surface area (Å²) in [5.74, 6) is -2.14. The number of esters is 1. The molecule has 0 aromatic heterocycles. The summed E-state index contributed by atoms with van der Waals surface area (Å²) in [4.78, 5) is 10.9. The largest absolute Gasteiger partial charge is 0.465 e. The molecule has 1 aromatic rings. The normalized spacial score (nSPS) is 11.4. The molecule has 0 saturated heterocycles. The Labute approximate surface area is 99.0 Å². The van der Waals surface area contributed by atoms with Crippen LogP contribution >= 0.6 is 11.8 Å². The van der Waals surface area contributed by atoms with Gasteiger partial charge in [0.25, 0.3) is 0 Å². The third kappa shape index (κ3) is 2.91. The first-order valence-corrected chi connectivity index (χ1v) is 5.56. The van der Waals surface area contributed by atoms with E-state index in [9.17, 15) is 22.4 Å². The highest BCUT2D eigenvalue weighted by Gasteiger charge is 2.33. The third-order valence-corrected chi connectivity index (χ3v) is 2.73. The van der Waals surface area contributed by atoms with Crippen molar-refractivity contribution < 1.29 is 27.1 Å². The standard InChI is InChI=1S/C10H8F4O2S/c1-16-9(15)6-3-5(10(12,13)14)4-7(17-2)8(6)11/h3-4H,1-2H3. The summed E-state index contributed by atoms with van der Waals surface area (Å²) in [6, 6.07) is 1.10. The minimum absolute atomic E-state index is 0.250. The summed E-state index contributed by atoms with van der Waals surface area (Å²) in [6.07, 6.45) is -3.22. The van der Waals surface area contributed by atoms with Crippen molar-refractivity contribution in [3.8, 4) is 0 Å². The summed E-state index contributed by atoms with van der Waals surface area (Å²) < 4.78 is 55.3. The molecular weight excluding hydrogens is 260 g/mol. The van der Waals surface area contributed by atoms with E-state index < -0.39 is 29.1 Å². The van der Waals surface area contributed by atoms with Gasteiger partial charge in [0, 0.05) is 4.90 Å². The molecule has 94 valence electrons. The van der Waals surface area contributed by atoms with Crippen molar-refractivity contribution in [3.05, 3.63) is 29.1 Å². The first-order chi connectivity index (χ1) is 7.81. The van der Waals surface area contributed by atoms with Crippen LogP contribution in [-0.4, -0.2) is 19.3 Å². The molecule has 0 amide bonds. The molecule has 0 atom stereocenters. The minimum Gasteiger partial charge on any atom is -0.465 e. The summed E-state index contributed by atoms with van der Waals surface area (Å²) in [6.45, 7) is 0. The van der Waals surface area contributed by atoms with Gasteiger partial charge in [-0.3, -0.25) is 0 Å². The predicted octanol–water partition coefficient (Wildman–Crippen LogP) is 3.35. The van der Waals surface area contributed by atoms with Crippen LogP contribution in [0.1, 0.15) is 15.9 Å². The average molecular weight is 268 g/mol. The molecule has 0 aliphatic heterocycles. The lowest BCUT2D eigenvalue weighted by molar-refractivity contribution is -0.137. The van der Waals surface area contributed by atoms with Gasteiger partial charge < -0.3 is 4.74 Å². The minimum atomic E-state index is -4.64. The topological polar surface area (TPSA) is 26.3 Å². The van der Waals surface area contributed by atoms with E-state index in [2.05, 4.69) is 4.74 Å². The van der Waals surface area contributed by atoms with Crippen molar-refractivity contribution in [3.63, 3.8) is 0 Å². The Kier molecular flexibility index (Phi) is 4.03. The maximum absolute atomic E-state index is 13.6. The third-order valence-electron chi connectivity index (χ3n) is 1.99. The number of hydrogen-bond donors (Lipinski definition) is 0. The molecule has 0 bridgehead atoms. The van der Waals surface area contributed by atoms with Gasteiger partial charge in [0.2, 0.25) is 0 Å². The Bertz CT molecular complexity index is 443. The second-order valence-corrected chi connectivity index (χ2v) is 3.88.